The van der Waals surface area contributed by atoms with Crippen molar-refractivity contribution in [2.75, 3.05) is 19.7 Å². The molecule has 1 heterocycles. The second kappa shape index (κ2) is 5.55. The van der Waals surface area contributed by atoms with Crippen LogP contribution in [0.3, 0.4) is 0 Å². The number of hydrogen-bond acceptors (Lipinski definition) is 2. The molecule has 0 aromatic carbocycles. The van der Waals surface area contributed by atoms with Gasteiger partial charge in [-0.2, -0.15) is 0 Å². The average Bonchev–Trinajstić information content (AvgIpc) is 2.05. The molecule has 72 valence electrons. The number of piperidine rings is 1. The number of rotatable bonds is 4. The van der Waals surface area contributed by atoms with Crippen LogP contribution in [0.15, 0.2) is 0 Å². The van der Waals surface area contributed by atoms with Crippen molar-refractivity contribution in [2.24, 2.45) is 5.92 Å². The van der Waals surface area contributed by atoms with Crippen molar-refractivity contribution in [1.29, 1.82) is 0 Å². The Labute approximate surface area is 75.7 Å². The van der Waals surface area contributed by atoms with Gasteiger partial charge in [-0.1, -0.05) is 0 Å². The summed E-state index contributed by atoms with van der Waals surface area (Å²) in [6, 6.07) is 0. The first kappa shape index (κ1) is 10.0. The summed E-state index contributed by atoms with van der Waals surface area (Å²) in [5.41, 5.74) is 0. The van der Waals surface area contributed by atoms with Crippen molar-refractivity contribution in [3.8, 4) is 0 Å². The standard InChI is InChI=1S/C10H21NO/c1-9(2)12-7-5-10-4-3-6-11-8-10/h9-11H,3-8H2,1-2H3. The van der Waals surface area contributed by atoms with Gasteiger partial charge in [0, 0.05) is 6.61 Å². The Morgan fingerprint density at radius 1 is 1.50 bits per heavy atom. The predicted molar refractivity (Wildman–Crippen MR) is 51.3 cm³/mol. The van der Waals surface area contributed by atoms with Gasteiger partial charge in [-0.3, -0.25) is 0 Å². The van der Waals surface area contributed by atoms with Gasteiger partial charge in [0.05, 0.1) is 6.10 Å². The third-order valence-corrected chi connectivity index (χ3v) is 2.38. The topological polar surface area (TPSA) is 21.3 Å². The molecule has 0 aliphatic carbocycles. The van der Waals surface area contributed by atoms with Crippen LogP contribution < -0.4 is 5.32 Å². The van der Waals surface area contributed by atoms with Crippen LogP contribution >= 0.6 is 0 Å². The predicted octanol–water partition coefficient (Wildman–Crippen LogP) is 1.80. The zero-order valence-electron chi connectivity index (χ0n) is 8.31. The van der Waals surface area contributed by atoms with E-state index in [-0.39, 0.29) is 0 Å². The van der Waals surface area contributed by atoms with Gasteiger partial charge in [0.1, 0.15) is 0 Å². The molecule has 0 amide bonds. The third-order valence-electron chi connectivity index (χ3n) is 2.38. The maximum Gasteiger partial charge on any atom is 0.0518 e. The van der Waals surface area contributed by atoms with Crippen molar-refractivity contribution in [3.05, 3.63) is 0 Å². The number of nitrogens with one attached hydrogen (secondary N) is 1. The molecule has 1 saturated heterocycles. The highest BCUT2D eigenvalue weighted by Gasteiger charge is 2.12. The van der Waals surface area contributed by atoms with Crippen LogP contribution in [-0.4, -0.2) is 25.8 Å². The van der Waals surface area contributed by atoms with E-state index in [0.29, 0.717) is 6.10 Å². The maximum atomic E-state index is 5.52. The molecule has 0 saturated carbocycles. The molecule has 0 aromatic rings. The normalized spacial score (nSPS) is 24.8. The van der Waals surface area contributed by atoms with Crippen molar-refractivity contribution in [2.45, 2.75) is 39.2 Å². The summed E-state index contributed by atoms with van der Waals surface area (Å²) < 4.78 is 5.52. The fraction of sp³-hybridized carbons (Fsp3) is 1.00. The van der Waals surface area contributed by atoms with Crippen molar-refractivity contribution in [3.63, 3.8) is 0 Å². The largest absolute Gasteiger partial charge is 0.379 e. The molecule has 1 aliphatic rings. The monoisotopic (exact) mass is 171 g/mol. The summed E-state index contributed by atoms with van der Waals surface area (Å²) >= 11 is 0. The quantitative estimate of drug-likeness (QED) is 0.696. The molecule has 2 heteroatoms. The minimum Gasteiger partial charge on any atom is -0.379 e. The Balaban J connectivity index is 1.98. The van der Waals surface area contributed by atoms with E-state index in [1.807, 2.05) is 0 Å². The molecular formula is C10H21NO. The second-order valence-electron chi connectivity index (χ2n) is 3.92. The van der Waals surface area contributed by atoms with E-state index in [1.165, 1.54) is 32.4 Å². The lowest BCUT2D eigenvalue weighted by Gasteiger charge is -2.22. The zero-order chi connectivity index (χ0) is 8.81. The van der Waals surface area contributed by atoms with E-state index in [4.69, 9.17) is 4.74 Å². The average molecular weight is 171 g/mol. The Morgan fingerprint density at radius 2 is 2.33 bits per heavy atom. The van der Waals surface area contributed by atoms with Crippen LogP contribution in [-0.2, 0) is 4.74 Å². The molecule has 0 radical (unpaired) electrons. The van der Waals surface area contributed by atoms with E-state index >= 15 is 0 Å². The van der Waals surface area contributed by atoms with E-state index in [0.717, 1.165) is 12.5 Å². The molecule has 2 nitrogen and oxygen atoms in total. The molecule has 1 aliphatic heterocycles. The van der Waals surface area contributed by atoms with E-state index in [2.05, 4.69) is 19.2 Å². The number of hydrogen-bond donors (Lipinski definition) is 1. The first-order chi connectivity index (χ1) is 5.79. The molecule has 1 N–H and O–H groups in total. The van der Waals surface area contributed by atoms with Gasteiger partial charge in [-0.15, -0.1) is 0 Å². The molecule has 0 spiro atoms. The highest BCUT2D eigenvalue weighted by atomic mass is 16.5. The first-order valence-corrected chi connectivity index (χ1v) is 5.11. The minimum atomic E-state index is 0.390. The molecule has 0 bridgehead atoms. The van der Waals surface area contributed by atoms with Gasteiger partial charge in [0.25, 0.3) is 0 Å². The Morgan fingerprint density at radius 3 is 2.92 bits per heavy atom. The van der Waals surface area contributed by atoms with Crippen molar-refractivity contribution < 1.29 is 4.74 Å². The molecular weight excluding hydrogens is 150 g/mol. The van der Waals surface area contributed by atoms with Gasteiger partial charge in [-0.25, -0.2) is 0 Å². The molecule has 0 aromatic heterocycles. The van der Waals surface area contributed by atoms with E-state index in [1.54, 1.807) is 0 Å². The third kappa shape index (κ3) is 4.07. The molecule has 1 unspecified atom stereocenters. The van der Waals surface area contributed by atoms with Gasteiger partial charge < -0.3 is 10.1 Å². The fourth-order valence-electron chi connectivity index (χ4n) is 1.64. The smallest absolute Gasteiger partial charge is 0.0518 e. The van der Waals surface area contributed by atoms with Gasteiger partial charge in [0.2, 0.25) is 0 Å². The summed E-state index contributed by atoms with van der Waals surface area (Å²) in [6.07, 6.45) is 4.34. The van der Waals surface area contributed by atoms with Crippen LogP contribution in [0.2, 0.25) is 0 Å². The summed E-state index contributed by atoms with van der Waals surface area (Å²) in [7, 11) is 0. The summed E-state index contributed by atoms with van der Waals surface area (Å²) in [6.45, 7) is 7.53. The highest BCUT2D eigenvalue weighted by molar-refractivity contribution is 4.68. The lowest BCUT2D eigenvalue weighted by molar-refractivity contribution is 0.0660. The van der Waals surface area contributed by atoms with Crippen LogP contribution in [0.4, 0.5) is 0 Å². The lowest BCUT2D eigenvalue weighted by Crippen LogP contribution is -2.30. The van der Waals surface area contributed by atoms with Crippen LogP contribution in [0.25, 0.3) is 0 Å². The molecule has 1 atom stereocenters. The lowest BCUT2D eigenvalue weighted by atomic mass is 9.97. The summed E-state index contributed by atoms with van der Waals surface area (Å²) in [5.74, 6) is 0.859. The van der Waals surface area contributed by atoms with E-state index < -0.39 is 0 Å². The number of ether oxygens (including phenoxy) is 1. The van der Waals surface area contributed by atoms with Crippen LogP contribution in [0.1, 0.15) is 33.1 Å². The minimum absolute atomic E-state index is 0.390. The van der Waals surface area contributed by atoms with Crippen LogP contribution in [0, 0.1) is 5.92 Å². The van der Waals surface area contributed by atoms with Crippen molar-refractivity contribution >= 4 is 0 Å². The molecule has 12 heavy (non-hydrogen) atoms. The van der Waals surface area contributed by atoms with Crippen LogP contribution in [0.5, 0.6) is 0 Å². The Bertz CT molecular complexity index is 108. The molecule has 1 rings (SSSR count). The van der Waals surface area contributed by atoms with Gasteiger partial charge >= 0.3 is 0 Å². The Kier molecular flexibility index (Phi) is 4.62. The second-order valence-corrected chi connectivity index (χ2v) is 3.92. The summed E-state index contributed by atoms with van der Waals surface area (Å²) in [4.78, 5) is 0. The SMILES string of the molecule is CC(C)OCCC1CCCNC1. The van der Waals surface area contributed by atoms with Crippen molar-refractivity contribution in [1.82, 2.24) is 5.32 Å². The summed E-state index contributed by atoms with van der Waals surface area (Å²) in [5, 5.41) is 3.42. The fourth-order valence-corrected chi connectivity index (χ4v) is 1.64. The maximum absolute atomic E-state index is 5.52. The van der Waals surface area contributed by atoms with E-state index in [9.17, 15) is 0 Å². The Hall–Kier alpha value is -0.0800. The highest BCUT2D eigenvalue weighted by Crippen LogP contribution is 2.13. The molecule has 1 fully saturated rings. The van der Waals surface area contributed by atoms with Gasteiger partial charge in [0.15, 0.2) is 0 Å². The zero-order valence-corrected chi connectivity index (χ0v) is 8.31. The first-order valence-electron chi connectivity index (χ1n) is 5.11. The van der Waals surface area contributed by atoms with Gasteiger partial charge in [-0.05, 0) is 52.1 Å².